The highest BCUT2D eigenvalue weighted by Crippen LogP contribution is 2.15. The van der Waals surface area contributed by atoms with Crippen molar-refractivity contribution in [1.82, 2.24) is 0 Å². The third-order valence-electron chi connectivity index (χ3n) is 2.93. The molecule has 0 aromatic heterocycles. The Kier molecular flexibility index (Phi) is 4.52. The van der Waals surface area contributed by atoms with E-state index in [1.165, 1.54) is 12.1 Å². The molecule has 5 heteroatoms. The Morgan fingerprint density at radius 2 is 1.86 bits per heavy atom. The number of para-hydroxylation sites is 1. The molecule has 21 heavy (non-hydrogen) atoms. The number of carbonyl (C=O) groups is 1. The zero-order valence-electron chi connectivity index (χ0n) is 11.4. The maximum absolute atomic E-state index is 12.8. The summed E-state index contributed by atoms with van der Waals surface area (Å²) in [6, 6.07) is 14.0. The van der Waals surface area contributed by atoms with Crippen LogP contribution >= 0.6 is 0 Å². The van der Waals surface area contributed by atoms with E-state index in [4.69, 9.17) is 5.26 Å². The van der Waals surface area contributed by atoms with Crippen LogP contribution in [0.15, 0.2) is 48.5 Å². The van der Waals surface area contributed by atoms with Gasteiger partial charge in [-0.2, -0.15) is 5.26 Å². The molecule has 2 aromatic carbocycles. The zero-order chi connectivity index (χ0) is 15.2. The number of hydrogen-bond donors (Lipinski definition) is 2. The van der Waals surface area contributed by atoms with Crippen molar-refractivity contribution >= 4 is 17.3 Å². The van der Waals surface area contributed by atoms with Crippen LogP contribution in [0.25, 0.3) is 0 Å². The van der Waals surface area contributed by atoms with Crippen molar-refractivity contribution in [3.63, 3.8) is 0 Å². The largest absolute Gasteiger partial charge is 0.374 e. The fraction of sp³-hybridized carbons (Fsp3) is 0.125. The van der Waals surface area contributed by atoms with E-state index in [1.807, 2.05) is 6.07 Å². The summed E-state index contributed by atoms with van der Waals surface area (Å²) in [4.78, 5) is 12.1. The fourth-order valence-corrected chi connectivity index (χ4v) is 1.79. The van der Waals surface area contributed by atoms with E-state index < -0.39 is 6.04 Å². The van der Waals surface area contributed by atoms with Crippen LogP contribution in [0.5, 0.6) is 0 Å². The van der Waals surface area contributed by atoms with Crippen molar-refractivity contribution in [3.05, 3.63) is 59.9 Å². The first-order chi connectivity index (χ1) is 10.1. The van der Waals surface area contributed by atoms with Crippen LogP contribution < -0.4 is 10.6 Å². The maximum atomic E-state index is 12.8. The van der Waals surface area contributed by atoms with Crippen molar-refractivity contribution in [2.24, 2.45) is 0 Å². The molecule has 106 valence electrons. The molecule has 0 radical (unpaired) electrons. The Morgan fingerprint density at radius 1 is 1.19 bits per heavy atom. The lowest BCUT2D eigenvalue weighted by Crippen LogP contribution is -2.32. The van der Waals surface area contributed by atoms with Crippen LogP contribution in [0.4, 0.5) is 15.8 Å². The molecule has 0 heterocycles. The average Bonchev–Trinajstić information content (AvgIpc) is 2.50. The van der Waals surface area contributed by atoms with Gasteiger partial charge in [0.05, 0.1) is 11.3 Å². The van der Waals surface area contributed by atoms with E-state index in [9.17, 15) is 9.18 Å². The molecule has 4 nitrogen and oxygen atoms in total. The predicted molar refractivity (Wildman–Crippen MR) is 79.3 cm³/mol. The molecule has 1 unspecified atom stereocenters. The number of nitrogens with one attached hydrogen (secondary N) is 2. The molecular weight excluding hydrogens is 269 g/mol. The second kappa shape index (κ2) is 6.53. The average molecular weight is 283 g/mol. The number of nitriles is 1. The topological polar surface area (TPSA) is 64.9 Å². The summed E-state index contributed by atoms with van der Waals surface area (Å²) in [5.41, 5.74) is 1.52. The number of hydrogen-bond acceptors (Lipinski definition) is 3. The smallest absolute Gasteiger partial charge is 0.246 e. The minimum absolute atomic E-state index is 0.276. The second-order valence-corrected chi connectivity index (χ2v) is 4.52. The van der Waals surface area contributed by atoms with Gasteiger partial charge in [0.1, 0.15) is 17.9 Å². The van der Waals surface area contributed by atoms with Gasteiger partial charge < -0.3 is 10.6 Å². The van der Waals surface area contributed by atoms with Gasteiger partial charge in [-0.15, -0.1) is 0 Å². The predicted octanol–water partition coefficient (Wildman–Crippen LogP) is 3.14. The van der Waals surface area contributed by atoms with Gasteiger partial charge in [0.2, 0.25) is 5.91 Å². The van der Waals surface area contributed by atoms with E-state index >= 15 is 0 Å². The molecule has 0 aliphatic rings. The standard InChI is InChI=1S/C16H14FN3O/c1-11(19-14-8-6-13(17)7-9-14)16(21)20-15-5-3-2-4-12(15)10-18/h2-9,11,19H,1H3,(H,20,21). The van der Waals surface area contributed by atoms with Crippen molar-refractivity contribution in [1.29, 1.82) is 5.26 Å². The fourth-order valence-electron chi connectivity index (χ4n) is 1.79. The Labute approximate surface area is 122 Å². The second-order valence-electron chi connectivity index (χ2n) is 4.52. The van der Waals surface area contributed by atoms with Crippen LogP contribution in [0.2, 0.25) is 0 Å². The van der Waals surface area contributed by atoms with Gasteiger partial charge in [-0.1, -0.05) is 12.1 Å². The number of amides is 1. The van der Waals surface area contributed by atoms with Gasteiger partial charge in [-0.3, -0.25) is 4.79 Å². The van der Waals surface area contributed by atoms with Crippen LogP contribution in [-0.2, 0) is 4.79 Å². The normalized spacial score (nSPS) is 11.3. The molecule has 2 N–H and O–H groups in total. The summed E-state index contributed by atoms with van der Waals surface area (Å²) in [5, 5.41) is 14.6. The first-order valence-electron chi connectivity index (χ1n) is 6.42. The molecule has 0 aliphatic heterocycles. The number of halogens is 1. The molecule has 1 atom stereocenters. The summed E-state index contributed by atoms with van der Waals surface area (Å²) in [6.07, 6.45) is 0. The van der Waals surface area contributed by atoms with E-state index in [-0.39, 0.29) is 11.7 Å². The minimum atomic E-state index is -0.526. The molecule has 2 aromatic rings. The lowest BCUT2D eigenvalue weighted by Gasteiger charge is -2.15. The zero-order valence-corrected chi connectivity index (χ0v) is 11.4. The first-order valence-corrected chi connectivity index (χ1v) is 6.42. The number of nitrogens with zero attached hydrogens (tertiary/aromatic N) is 1. The van der Waals surface area contributed by atoms with E-state index in [0.717, 1.165) is 0 Å². The van der Waals surface area contributed by atoms with Crippen LogP contribution in [0.1, 0.15) is 12.5 Å². The third-order valence-corrected chi connectivity index (χ3v) is 2.93. The molecule has 0 fully saturated rings. The first kappa shape index (κ1) is 14.5. The number of rotatable bonds is 4. The quantitative estimate of drug-likeness (QED) is 0.906. The Morgan fingerprint density at radius 3 is 2.52 bits per heavy atom. The van der Waals surface area contributed by atoms with Gasteiger partial charge >= 0.3 is 0 Å². The molecule has 0 bridgehead atoms. The minimum Gasteiger partial charge on any atom is -0.374 e. The van der Waals surface area contributed by atoms with Crippen molar-refractivity contribution in [3.8, 4) is 6.07 Å². The highest BCUT2D eigenvalue weighted by Gasteiger charge is 2.14. The number of anilines is 2. The summed E-state index contributed by atoms with van der Waals surface area (Å²) in [7, 11) is 0. The van der Waals surface area contributed by atoms with Gasteiger partial charge in [0.15, 0.2) is 0 Å². The summed E-state index contributed by atoms with van der Waals surface area (Å²) in [5.74, 6) is -0.609. The number of carbonyl (C=O) groups excluding carboxylic acids is 1. The summed E-state index contributed by atoms with van der Waals surface area (Å²) >= 11 is 0. The Balaban J connectivity index is 2.03. The molecule has 2 rings (SSSR count). The van der Waals surface area contributed by atoms with Crippen LogP contribution in [0.3, 0.4) is 0 Å². The van der Waals surface area contributed by atoms with E-state index in [2.05, 4.69) is 10.6 Å². The molecular formula is C16H14FN3O. The van der Waals surface area contributed by atoms with Gasteiger partial charge in [0.25, 0.3) is 0 Å². The molecule has 0 aliphatic carbocycles. The monoisotopic (exact) mass is 283 g/mol. The lowest BCUT2D eigenvalue weighted by molar-refractivity contribution is -0.116. The lowest BCUT2D eigenvalue weighted by atomic mass is 10.2. The molecule has 0 spiro atoms. The van der Waals surface area contributed by atoms with E-state index in [1.54, 1.807) is 43.3 Å². The van der Waals surface area contributed by atoms with Crippen molar-refractivity contribution < 1.29 is 9.18 Å². The maximum Gasteiger partial charge on any atom is 0.246 e. The van der Waals surface area contributed by atoms with Crippen molar-refractivity contribution in [2.45, 2.75) is 13.0 Å². The summed E-state index contributed by atoms with van der Waals surface area (Å²) in [6.45, 7) is 1.69. The highest BCUT2D eigenvalue weighted by atomic mass is 19.1. The summed E-state index contributed by atoms with van der Waals surface area (Å²) < 4.78 is 12.8. The third kappa shape index (κ3) is 3.80. The van der Waals surface area contributed by atoms with Crippen LogP contribution in [0, 0.1) is 17.1 Å². The van der Waals surface area contributed by atoms with Crippen LogP contribution in [-0.4, -0.2) is 11.9 Å². The van der Waals surface area contributed by atoms with Gasteiger partial charge in [-0.05, 0) is 43.3 Å². The van der Waals surface area contributed by atoms with E-state index in [0.29, 0.717) is 16.9 Å². The van der Waals surface area contributed by atoms with Gasteiger partial charge in [-0.25, -0.2) is 4.39 Å². The Hall–Kier alpha value is -2.87. The molecule has 0 saturated carbocycles. The van der Waals surface area contributed by atoms with Gasteiger partial charge in [0, 0.05) is 5.69 Å². The molecule has 0 saturated heterocycles. The van der Waals surface area contributed by atoms with Crippen molar-refractivity contribution in [2.75, 3.05) is 10.6 Å². The highest BCUT2D eigenvalue weighted by molar-refractivity contribution is 5.97. The number of benzene rings is 2. The SMILES string of the molecule is CC(Nc1ccc(F)cc1)C(=O)Nc1ccccc1C#N. The Bertz CT molecular complexity index is 677. The molecule has 1 amide bonds.